The Morgan fingerprint density at radius 1 is 1.73 bits per heavy atom. The number of nitrogen functional groups attached to an aromatic ring is 1. The van der Waals surface area contributed by atoms with Gasteiger partial charge in [0, 0.05) is 18.4 Å². The lowest BCUT2D eigenvalue weighted by Crippen LogP contribution is -2.01. The first-order chi connectivity index (χ1) is 5.27. The molecule has 1 rings (SSSR count). The molecule has 3 nitrogen and oxygen atoms in total. The van der Waals surface area contributed by atoms with Gasteiger partial charge < -0.3 is 5.73 Å². The normalized spacial score (nSPS) is 10.4. The third-order valence-corrected chi connectivity index (χ3v) is 2.06. The molecule has 2 N–H and O–H groups in total. The smallest absolute Gasteiger partial charge is 0.145 e. The fourth-order valence-corrected chi connectivity index (χ4v) is 1.54. The van der Waals surface area contributed by atoms with E-state index in [0.29, 0.717) is 5.82 Å². The molecule has 0 saturated heterocycles. The molecule has 0 radical (unpaired) electrons. The van der Waals surface area contributed by atoms with Crippen molar-refractivity contribution >= 4 is 17.6 Å². The molecular weight excluding hydrogens is 158 g/mol. The van der Waals surface area contributed by atoms with E-state index in [1.54, 1.807) is 11.8 Å². The van der Waals surface area contributed by atoms with Crippen LogP contribution in [0.2, 0.25) is 0 Å². The molecule has 0 bridgehead atoms. The molecule has 0 atom stereocenters. The van der Waals surface area contributed by atoms with E-state index in [1.807, 2.05) is 10.7 Å². The van der Waals surface area contributed by atoms with Crippen molar-refractivity contribution in [3.8, 4) is 0 Å². The van der Waals surface area contributed by atoms with Crippen LogP contribution in [0.1, 0.15) is 12.6 Å². The maximum Gasteiger partial charge on any atom is 0.145 e. The Balaban J connectivity index is 2.83. The van der Waals surface area contributed by atoms with Crippen LogP contribution in [-0.4, -0.2) is 16.0 Å². The van der Waals surface area contributed by atoms with Gasteiger partial charge in [-0.1, -0.05) is 0 Å². The number of hydrogen-bond acceptors (Lipinski definition) is 3. The Hall–Kier alpha value is -0.640. The molecule has 1 aromatic heterocycles. The van der Waals surface area contributed by atoms with Gasteiger partial charge in [-0.3, -0.25) is 4.68 Å². The summed E-state index contributed by atoms with van der Waals surface area (Å²) in [5.41, 5.74) is 6.75. The van der Waals surface area contributed by atoms with Gasteiger partial charge in [-0.15, -0.1) is 0 Å². The molecule has 0 amide bonds. The summed E-state index contributed by atoms with van der Waals surface area (Å²) >= 11 is 1.78. The van der Waals surface area contributed by atoms with Crippen LogP contribution < -0.4 is 5.73 Å². The monoisotopic (exact) mass is 171 g/mol. The van der Waals surface area contributed by atoms with Crippen molar-refractivity contribution in [3.05, 3.63) is 11.8 Å². The maximum atomic E-state index is 5.54. The molecule has 0 fully saturated rings. The predicted octanol–water partition coefficient (Wildman–Crippen LogP) is 1.35. The molecule has 0 aliphatic heterocycles. The zero-order valence-corrected chi connectivity index (χ0v) is 7.69. The number of thioether (sulfide) groups is 1. The highest BCUT2D eigenvalue weighted by Gasteiger charge is 2.01. The first kappa shape index (κ1) is 8.46. The van der Waals surface area contributed by atoms with Crippen molar-refractivity contribution in [2.45, 2.75) is 19.2 Å². The second-order valence-corrected chi connectivity index (χ2v) is 3.18. The third-order valence-electron chi connectivity index (χ3n) is 1.47. The van der Waals surface area contributed by atoms with Gasteiger partial charge in [-0.2, -0.15) is 16.9 Å². The molecule has 1 aromatic rings. The molecule has 0 aliphatic carbocycles. The van der Waals surface area contributed by atoms with E-state index in [9.17, 15) is 0 Å². The van der Waals surface area contributed by atoms with Gasteiger partial charge >= 0.3 is 0 Å². The highest BCUT2D eigenvalue weighted by Crippen LogP contribution is 2.11. The Bertz CT molecular complexity index is 232. The molecule has 11 heavy (non-hydrogen) atoms. The Labute approximate surface area is 71.0 Å². The number of anilines is 1. The fourth-order valence-electron chi connectivity index (χ4n) is 1.02. The number of rotatable bonds is 3. The number of aryl methyl sites for hydroxylation is 1. The Morgan fingerprint density at radius 2 is 2.45 bits per heavy atom. The molecule has 0 aliphatic rings. The van der Waals surface area contributed by atoms with Crippen LogP contribution in [0, 0.1) is 0 Å². The van der Waals surface area contributed by atoms with Gasteiger partial charge in [0.25, 0.3) is 0 Å². The van der Waals surface area contributed by atoms with Crippen LogP contribution in [0.4, 0.5) is 5.82 Å². The molecule has 0 saturated carbocycles. The van der Waals surface area contributed by atoms with E-state index in [0.717, 1.165) is 12.3 Å². The minimum Gasteiger partial charge on any atom is -0.382 e. The van der Waals surface area contributed by atoms with Crippen LogP contribution in [0.25, 0.3) is 0 Å². The number of hydrogen-bond donors (Lipinski definition) is 1. The summed E-state index contributed by atoms with van der Waals surface area (Å²) in [6, 6.07) is 1.93. The minimum absolute atomic E-state index is 0.621. The topological polar surface area (TPSA) is 43.8 Å². The van der Waals surface area contributed by atoms with Gasteiger partial charge in [0.15, 0.2) is 0 Å². The average molecular weight is 171 g/mol. The van der Waals surface area contributed by atoms with Crippen molar-refractivity contribution in [2.24, 2.45) is 0 Å². The van der Waals surface area contributed by atoms with Gasteiger partial charge in [-0.25, -0.2) is 0 Å². The van der Waals surface area contributed by atoms with Gasteiger partial charge in [0.2, 0.25) is 0 Å². The van der Waals surface area contributed by atoms with Crippen LogP contribution in [0.3, 0.4) is 0 Å². The lowest BCUT2D eigenvalue weighted by atomic mass is 10.4. The highest BCUT2D eigenvalue weighted by molar-refractivity contribution is 7.97. The highest BCUT2D eigenvalue weighted by atomic mass is 32.2. The molecule has 0 unspecified atom stereocenters. The molecular formula is C7H13N3S. The first-order valence-electron chi connectivity index (χ1n) is 3.59. The van der Waals surface area contributed by atoms with E-state index in [4.69, 9.17) is 5.73 Å². The summed E-state index contributed by atoms with van der Waals surface area (Å²) in [7, 11) is 0. The van der Waals surface area contributed by atoms with E-state index in [2.05, 4.69) is 18.3 Å². The SMILES string of the molecule is CCn1nc(N)cc1CSC. The van der Waals surface area contributed by atoms with Gasteiger partial charge in [-0.05, 0) is 13.2 Å². The second kappa shape index (κ2) is 3.67. The minimum atomic E-state index is 0.621. The number of aromatic nitrogens is 2. The summed E-state index contributed by atoms with van der Waals surface area (Å²) in [4.78, 5) is 0. The predicted molar refractivity (Wildman–Crippen MR) is 49.5 cm³/mol. The second-order valence-electron chi connectivity index (χ2n) is 2.31. The van der Waals surface area contributed by atoms with Crippen LogP contribution in [-0.2, 0) is 12.3 Å². The quantitative estimate of drug-likeness (QED) is 0.746. The van der Waals surface area contributed by atoms with Gasteiger partial charge in [0.1, 0.15) is 5.82 Å². The summed E-state index contributed by atoms with van der Waals surface area (Å²) in [5, 5.41) is 4.13. The zero-order chi connectivity index (χ0) is 8.27. The zero-order valence-electron chi connectivity index (χ0n) is 6.87. The van der Waals surface area contributed by atoms with Crippen molar-refractivity contribution in [3.63, 3.8) is 0 Å². The van der Waals surface area contributed by atoms with Crippen molar-refractivity contribution < 1.29 is 0 Å². The van der Waals surface area contributed by atoms with Crippen molar-refractivity contribution in [2.75, 3.05) is 12.0 Å². The maximum absolute atomic E-state index is 5.54. The van der Waals surface area contributed by atoms with Crippen LogP contribution >= 0.6 is 11.8 Å². The Kier molecular flexibility index (Phi) is 2.82. The van der Waals surface area contributed by atoms with E-state index >= 15 is 0 Å². The summed E-state index contributed by atoms with van der Waals surface area (Å²) in [6.07, 6.45) is 2.07. The lowest BCUT2D eigenvalue weighted by Gasteiger charge is -2.00. The molecule has 62 valence electrons. The Morgan fingerprint density at radius 3 is 3.00 bits per heavy atom. The number of nitrogens with two attached hydrogens (primary N) is 1. The van der Waals surface area contributed by atoms with E-state index in [-0.39, 0.29) is 0 Å². The summed E-state index contributed by atoms with van der Waals surface area (Å²) in [6.45, 7) is 2.96. The first-order valence-corrected chi connectivity index (χ1v) is 4.98. The van der Waals surface area contributed by atoms with Crippen molar-refractivity contribution in [1.82, 2.24) is 9.78 Å². The molecule has 1 heterocycles. The van der Waals surface area contributed by atoms with E-state index in [1.165, 1.54) is 5.69 Å². The third kappa shape index (κ3) is 1.89. The molecule has 0 aromatic carbocycles. The molecule has 4 heteroatoms. The molecule has 0 spiro atoms. The standard InChI is InChI=1S/C7H13N3S/c1-3-10-6(5-11-2)4-7(8)9-10/h4H,3,5H2,1-2H3,(H2,8,9). The van der Waals surface area contributed by atoms with Gasteiger partial charge in [0.05, 0.1) is 5.69 Å². The van der Waals surface area contributed by atoms with Crippen LogP contribution in [0.15, 0.2) is 6.07 Å². The fraction of sp³-hybridized carbons (Fsp3) is 0.571. The summed E-state index contributed by atoms with van der Waals surface area (Å²) in [5.74, 6) is 1.61. The van der Waals surface area contributed by atoms with Crippen LogP contribution in [0.5, 0.6) is 0 Å². The van der Waals surface area contributed by atoms with Crippen molar-refractivity contribution in [1.29, 1.82) is 0 Å². The summed E-state index contributed by atoms with van der Waals surface area (Å²) < 4.78 is 1.94. The number of nitrogens with zero attached hydrogens (tertiary/aromatic N) is 2. The average Bonchev–Trinajstić information content (AvgIpc) is 2.32. The lowest BCUT2D eigenvalue weighted by molar-refractivity contribution is 0.640. The largest absolute Gasteiger partial charge is 0.382 e. The van der Waals surface area contributed by atoms with E-state index < -0.39 is 0 Å².